The molecular weight excluding hydrogens is 212 g/mol. The van der Waals surface area contributed by atoms with Crippen molar-refractivity contribution < 1.29 is 9.84 Å². The van der Waals surface area contributed by atoms with E-state index in [1.165, 1.54) is 11.1 Å². The van der Waals surface area contributed by atoms with Gasteiger partial charge in [-0.05, 0) is 62.3 Å². The van der Waals surface area contributed by atoms with Crippen molar-refractivity contribution in [1.29, 1.82) is 0 Å². The van der Waals surface area contributed by atoms with Crippen LogP contribution in [0.25, 0.3) is 0 Å². The summed E-state index contributed by atoms with van der Waals surface area (Å²) in [6, 6.07) is 4.25. The molecule has 1 aliphatic rings. The predicted molar refractivity (Wildman–Crippen MR) is 69.2 cm³/mol. The van der Waals surface area contributed by atoms with Gasteiger partial charge in [0.05, 0.1) is 6.10 Å². The van der Waals surface area contributed by atoms with Crippen LogP contribution in [0.5, 0.6) is 0 Å². The summed E-state index contributed by atoms with van der Waals surface area (Å²) in [5.74, 6) is 0. The first-order valence-corrected chi connectivity index (χ1v) is 6.47. The Morgan fingerprint density at radius 3 is 2.47 bits per heavy atom. The van der Waals surface area contributed by atoms with Crippen molar-refractivity contribution in [3.63, 3.8) is 0 Å². The van der Waals surface area contributed by atoms with Crippen molar-refractivity contribution in [1.82, 2.24) is 0 Å². The summed E-state index contributed by atoms with van der Waals surface area (Å²) in [5, 5.41) is 10.4. The number of hydrogen-bond donors (Lipinski definition) is 1. The van der Waals surface area contributed by atoms with E-state index in [2.05, 4.69) is 32.9 Å². The maximum Gasteiger partial charge on any atom is 0.105 e. The number of aliphatic hydroxyl groups excluding tert-OH is 1. The van der Waals surface area contributed by atoms with Crippen LogP contribution in [0.4, 0.5) is 0 Å². The van der Waals surface area contributed by atoms with Crippen LogP contribution in [0.2, 0.25) is 0 Å². The highest BCUT2D eigenvalue weighted by molar-refractivity contribution is 5.38. The minimum Gasteiger partial charge on any atom is -0.386 e. The van der Waals surface area contributed by atoms with E-state index in [9.17, 15) is 5.11 Å². The third-order valence-electron chi connectivity index (χ3n) is 3.77. The first kappa shape index (κ1) is 12.6. The SMILES string of the molecule is Cc1cc(C)c(C(O)C2CCCCO2)cc1C. The Bertz CT molecular complexity index is 392. The van der Waals surface area contributed by atoms with Gasteiger partial charge in [0.1, 0.15) is 6.10 Å². The molecular formula is C15H22O2. The van der Waals surface area contributed by atoms with Crippen LogP contribution in [0, 0.1) is 20.8 Å². The fraction of sp³-hybridized carbons (Fsp3) is 0.600. The van der Waals surface area contributed by atoms with E-state index in [0.29, 0.717) is 0 Å². The lowest BCUT2D eigenvalue weighted by Gasteiger charge is -2.28. The zero-order valence-corrected chi connectivity index (χ0v) is 11.0. The number of ether oxygens (including phenoxy) is 1. The number of aryl methyl sites for hydroxylation is 3. The third kappa shape index (κ3) is 2.70. The van der Waals surface area contributed by atoms with Crippen LogP contribution in [0.15, 0.2) is 12.1 Å². The van der Waals surface area contributed by atoms with Crippen LogP contribution in [0.3, 0.4) is 0 Å². The van der Waals surface area contributed by atoms with Gasteiger partial charge < -0.3 is 9.84 Å². The van der Waals surface area contributed by atoms with Gasteiger partial charge in [-0.15, -0.1) is 0 Å². The maximum atomic E-state index is 10.4. The number of benzene rings is 1. The quantitative estimate of drug-likeness (QED) is 0.851. The smallest absolute Gasteiger partial charge is 0.105 e. The molecule has 0 aliphatic carbocycles. The lowest BCUT2D eigenvalue weighted by Crippen LogP contribution is -2.26. The average molecular weight is 234 g/mol. The Morgan fingerprint density at radius 2 is 1.82 bits per heavy atom. The normalized spacial score (nSPS) is 22.5. The minimum absolute atomic E-state index is 0.0236. The fourth-order valence-electron chi connectivity index (χ4n) is 2.52. The summed E-state index contributed by atoms with van der Waals surface area (Å²) in [5.41, 5.74) is 4.71. The summed E-state index contributed by atoms with van der Waals surface area (Å²) < 4.78 is 5.67. The van der Waals surface area contributed by atoms with Crippen molar-refractivity contribution in [2.75, 3.05) is 6.61 Å². The first-order valence-electron chi connectivity index (χ1n) is 6.47. The largest absolute Gasteiger partial charge is 0.386 e. The van der Waals surface area contributed by atoms with E-state index in [1.54, 1.807) is 0 Å². The molecule has 0 radical (unpaired) electrons. The van der Waals surface area contributed by atoms with Crippen LogP contribution in [0.1, 0.15) is 47.6 Å². The molecule has 1 heterocycles. The van der Waals surface area contributed by atoms with E-state index < -0.39 is 6.10 Å². The molecule has 2 nitrogen and oxygen atoms in total. The summed E-state index contributed by atoms with van der Waals surface area (Å²) in [6.45, 7) is 7.04. The van der Waals surface area contributed by atoms with Crippen LogP contribution in [-0.4, -0.2) is 17.8 Å². The monoisotopic (exact) mass is 234 g/mol. The Labute approximate surface area is 104 Å². The second kappa shape index (κ2) is 5.19. The third-order valence-corrected chi connectivity index (χ3v) is 3.77. The molecule has 2 rings (SSSR count). The van der Waals surface area contributed by atoms with Crippen molar-refractivity contribution in [3.8, 4) is 0 Å². The summed E-state index contributed by atoms with van der Waals surface area (Å²) in [6.07, 6.45) is 2.74. The van der Waals surface area contributed by atoms with Gasteiger partial charge >= 0.3 is 0 Å². The second-order valence-electron chi connectivity index (χ2n) is 5.14. The molecule has 1 N–H and O–H groups in total. The molecule has 94 valence electrons. The fourth-order valence-corrected chi connectivity index (χ4v) is 2.52. The van der Waals surface area contributed by atoms with Gasteiger partial charge in [0.2, 0.25) is 0 Å². The number of hydrogen-bond acceptors (Lipinski definition) is 2. The highest BCUT2D eigenvalue weighted by Gasteiger charge is 2.25. The van der Waals surface area contributed by atoms with E-state index in [1.807, 2.05) is 0 Å². The molecule has 2 atom stereocenters. The van der Waals surface area contributed by atoms with E-state index >= 15 is 0 Å². The van der Waals surface area contributed by atoms with Crippen molar-refractivity contribution in [2.45, 2.75) is 52.2 Å². The van der Waals surface area contributed by atoms with Gasteiger partial charge in [-0.25, -0.2) is 0 Å². The average Bonchev–Trinajstić information content (AvgIpc) is 2.34. The molecule has 2 unspecified atom stereocenters. The second-order valence-corrected chi connectivity index (χ2v) is 5.14. The first-order chi connectivity index (χ1) is 8.09. The summed E-state index contributed by atoms with van der Waals surface area (Å²) >= 11 is 0. The van der Waals surface area contributed by atoms with Gasteiger partial charge in [0, 0.05) is 6.61 Å². The van der Waals surface area contributed by atoms with Gasteiger partial charge in [-0.3, -0.25) is 0 Å². The molecule has 17 heavy (non-hydrogen) atoms. The van der Waals surface area contributed by atoms with E-state index in [0.717, 1.165) is 37.0 Å². The molecule has 0 amide bonds. The molecule has 1 aromatic rings. The Morgan fingerprint density at radius 1 is 1.12 bits per heavy atom. The number of rotatable bonds is 2. The Hall–Kier alpha value is -0.860. The molecule has 0 bridgehead atoms. The highest BCUT2D eigenvalue weighted by atomic mass is 16.5. The highest BCUT2D eigenvalue weighted by Crippen LogP contribution is 2.29. The topological polar surface area (TPSA) is 29.5 Å². The van der Waals surface area contributed by atoms with Crippen LogP contribution >= 0.6 is 0 Å². The molecule has 0 spiro atoms. The Balaban J connectivity index is 2.23. The molecule has 0 aromatic heterocycles. The number of aliphatic hydroxyl groups is 1. The van der Waals surface area contributed by atoms with Crippen molar-refractivity contribution >= 4 is 0 Å². The lowest BCUT2D eigenvalue weighted by molar-refractivity contribution is -0.0635. The van der Waals surface area contributed by atoms with Gasteiger partial charge in [0.15, 0.2) is 0 Å². The molecule has 2 heteroatoms. The van der Waals surface area contributed by atoms with Crippen molar-refractivity contribution in [3.05, 3.63) is 34.4 Å². The summed E-state index contributed by atoms with van der Waals surface area (Å²) in [7, 11) is 0. The molecule has 1 fully saturated rings. The van der Waals surface area contributed by atoms with Gasteiger partial charge in [-0.1, -0.05) is 12.1 Å². The maximum absolute atomic E-state index is 10.4. The van der Waals surface area contributed by atoms with Crippen LogP contribution < -0.4 is 0 Å². The summed E-state index contributed by atoms with van der Waals surface area (Å²) in [4.78, 5) is 0. The van der Waals surface area contributed by atoms with Gasteiger partial charge in [0.25, 0.3) is 0 Å². The molecule has 1 saturated heterocycles. The molecule has 1 aromatic carbocycles. The molecule has 1 aliphatic heterocycles. The van der Waals surface area contributed by atoms with Gasteiger partial charge in [-0.2, -0.15) is 0 Å². The van der Waals surface area contributed by atoms with E-state index in [-0.39, 0.29) is 6.10 Å². The van der Waals surface area contributed by atoms with E-state index in [4.69, 9.17) is 4.74 Å². The zero-order chi connectivity index (χ0) is 12.4. The standard InChI is InChI=1S/C15H22O2/c1-10-8-12(3)13(9-11(10)2)15(16)14-6-4-5-7-17-14/h8-9,14-16H,4-7H2,1-3H3. The van der Waals surface area contributed by atoms with Crippen molar-refractivity contribution in [2.24, 2.45) is 0 Å². The lowest BCUT2D eigenvalue weighted by atomic mass is 9.92. The predicted octanol–water partition coefficient (Wildman–Crippen LogP) is 3.21. The minimum atomic E-state index is -0.477. The Kier molecular flexibility index (Phi) is 3.85. The zero-order valence-electron chi connectivity index (χ0n) is 11.0. The molecule has 0 saturated carbocycles. The van der Waals surface area contributed by atoms with Crippen LogP contribution in [-0.2, 0) is 4.74 Å².